The Morgan fingerprint density at radius 2 is 1.83 bits per heavy atom. The Morgan fingerprint density at radius 3 is 2.44 bits per heavy atom. The summed E-state index contributed by atoms with van der Waals surface area (Å²) in [5, 5.41) is 3.57. The van der Waals surface area contributed by atoms with Crippen LogP contribution in [0, 0.1) is 19.8 Å². The largest absolute Gasteiger partial charge is 0.316 e. The minimum Gasteiger partial charge on any atom is -0.316 e. The molecule has 1 unspecified atom stereocenters. The van der Waals surface area contributed by atoms with Crippen LogP contribution in [0.4, 0.5) is 0 Å². The number of benzene rings is 1. The van der Waals surface area contributed by atoms with Crippen molar-refractivity contribution in [2.45, 2.75) is 53.4 Å². The lowest BCUT2D eigenvalue weighted by Gasteiger charge is -2.17. The van der Waals surface area contributed by atoms with Gasteiger partial charge in [0.1, 0.15) is 0 Å². The lowest BCUT2D eigenvalue weighted by atomic mass is 9.93. The van der Waals surface area contributed by atoms with Crippen molar-refractivity contribution in [3.05, 3.63) is 34.9 Å². The van der Waals surface area contributed by atoms with E-state index in [0.717, 1.165) is 19.0 Å². The van der Waals surface area contributed by atoms with Gasteiger partial charge in [-0.05, 0) is 68.8 Å². The molecule has 1 heteroatoms. The van der Waals surface area contributed by atoms with Crippen molar-refractivity contribution in [2.75, 3.05) is 13.1 Å². The maximum Gasteiger partial charge on any atom is -0.00173 e. The van der Waals surface area contributed by atoms with E-state index < -0.39 is 0 Å². The van der Waals surface area contributed by atoms with Gasteiger partial charge in [0.25, 0.3) is 0 Å². The zero-order valence-electron chi connectivity index (χ0n) is 12.6. The SMILES string of the molecule is CCCNCC(CCC)Cc1ccc(C)c(C)c1. The molecule has 0 aliphatic heterocycles. The molecule has 0 aliphatic rings. The third kappa shape index (κ3) is 5.22. The van der Waals surface area contributed by atoms with Crippen LogP contribution in [0.2, 0.25) is 0 Å². The highest BCUT2D eigenvalue weighted by Gasteiger charge is 2.09. The van der Waals surface area contributed by atoms with Gasteiger partial charge >= 0.3 is 0 Å². The Bertz CT molecular complexity index is 343. The fraction of sp³-hybridized carbons (Fsp3) is 0.647. The Labute approximate surface area is 113 Å². The molecule has 0 heterocycles. The molecule has 0 spiro atoms. The van der Waals surface area contributed by atoms with Gasteiger partial charge in [0.15, 0.2) is 0 Å². The number of hydrogen-bond donors (Lipinski definition) is 1. The summed E-state index contributed by atoms with van der Waals surface area (Å²) in [7, 11) is 0. The van der Waals surface area contributed by atoms with E-state index in [1.807, 2.05) is 0 Å². The van der Waals surface area contributed by atoms with Gasteiger partial charge in [-0.3, -0.25) is 0 Å². The van der Waals surface area contributed by atoms with Gasteiger partial charge in [-0.1, -0.05) is 38.5 Å². The zero-order valence-corrected chi connectivity index (χ0v) is 12.6. The molecular formula is C17H29N. The van der Waals surface area contributed by atoms with Crippen LogP contribution in [0.3, 0.4) is 0 Å². The van der Waals surface area contributed by atoms with Gasteiger partial charge in [0.2, 0.25) is 0 Å². The molecule has 1 rings (SSSR count). The minimum atomic E-state index is 0.781. The summed E-state index contributed by atoms with van der Waals surface area (Å²) in [5.41, 5.74) is 4.31. The van der Waals surface area contributed by atoms with E-state index in [9.17, 15) is 0 Å². The number of rotatable bonds is 8. The molecule has 0 saturated heterocycles. The van der Waals surface area contributed by atoms with E-state index in [2.05, 4.69) is 51.2 Å². The van der Waals surface area contributed by atoms with E-state index in [0.29, 0.717) is 0 Å². The second-order valence-electron chi connectivity index (χ2n) is 5.48. The van der Waals surface area contributed by atoms with Crippen LogP contribution in [-0.2, 0) is 6.42 Å². The van der Waals surface area contributed by atoms with Gasteiger partial charge in [-0.25, -0.2) is 0 Å². The average molecular weight is 247 g/mol. The van der Waals surface area contributed by atoms with Gasteiger partial charge in [0.05, 0.1) is 0 Å². The van der Waals surface area contributed by atoms with Crippen molar-refractivity contribution in [1.82, 2.24) is 5.32 Å². The van der Waals surface area contributed by atoms with Crippen molar-refractivity contribution in [1.29, 1.82) is 0 Å². The summed E-state index contributed by atoms with van der Waals surface area (Å²) in [4.78, 5) is 0. The van der Waals surface area contributed by atoms with E-state index in [1.54, 1.807) is 0 Å². The molecule has 0 radical (unpaired) electrons. The van der Waals surface area contributed by atoms with E-state index in [1.165, 1.54) is 42.4 Å². The van der Waals surface area contributed by atoms with Gasteiger partial charge < -0.3 is 5.32 Å². The number of nitrogens with one attached hydrogen (secondary N) is 1. The first-order valence-corrected chi connectivity index (χ1v) is 7.44. The van der Waals surface area contributed by atoms with E-state index in [4.69, 9.17) is 0 Å². The molecule has 0 aromatic heterocycles. The lowest BCUT2D eigenvalue weighted by Crippen LogP contribution is -2.25. The van der Waals surface area contributed by atoms with Crippen molar-refractivity contribution >= 4 is 0 Å². The first kappa shape index (κ1) is 15.2. The first-order chi connectivity index (χ1) is 8.67. The Morgan fingerprint density at radius 1 is 1.06 bits per heavy atom. The van der Waals surface area contributed by atoms with Gasteiger partial charge in [-0.15, -0.1) is 0 Å². The smallest absolute Gasteiger partial charge is 0.00173 e. The molecule has 1 atom stereocenters. The molecule has 0 fully saturated rings. The average Bonchev–Trinajstić information content (AvgIpc) is 2.34. The monoisotopic (exact) mass is 247 g/mol. The summed E-state index contributed by atoms with van der Waals surface area (Å²) in [6.45, 7) is 11.2. The third-order valence-corrected chi connectivity index (χ3v) is 3.65. The highest BCUT2D eigenvalue weighted by atomic mass is 14.8. The Hall–Kier alpha value is -0.820. The minimum absolute atomic E-state index is 0.781. The molecule has 0 saturated carbocycles. The van der Waals surface area contributed by atoms with Crippen LogP contribution in [0.15, 0.2) is 18.2 Å². The molecule has 18 heavy (non-hydrogen) atoms. The quantitative estimate of drug-likeness (QED) is 0.677. The highest BCUT2D eigenvalue weighted by Crippen LogP contribution is 2.16. The molecule has 1 aromatic rings. The first-order valence-electron chi connectivity index (χ1n) is 7.44. The molecule has 0 bridgehead atoms. The second kappa shape index (κ2) is 8.31. The summed E-state index contributed by atoms with van der Waals surface area (Å²) < 4.78 is 0. The summed E-state index contributed by atoms with van der Waals surface area (Å²) in [5.74, 6) is 0.781. The summed E-state index contributed by atoms with van der Waals surface area (Å²) in [6, 6.07) is 6.91. The molecule has 102 valence electrons. The highest BCUT2D eigenvalue weighted by molar-refractivity contribution is 5.30. The third-order valence-electron chi connectivity index (χ3n) is 3.65. The topological polar surface area (TPSA) is 12.0 Å². The normalized spacial score (nSPS) is 12.7. The molecule has 0 aliphatic carbocycles. The van der Waals surface area contributed by atoms with E-state index >= 15 is 0 Å². The summed E-state index contributed by atoms with van der Waals surface area (Å²) >= 11 is 0. The number of aryl methyl sites for hydroxylation is 2. The van der Waals surface area contributed by atoms with Crippen LogP contribution in [-0.4, -0.2) is 13.1 Å². The molecule has 1 nitrogen and oxygen atoms in total. The standard InChI is InChI=1S/C17H29N/c1-5-7-17(13-18-10-6-2)12-16-9-8-14(3)15(4)11-16/h8-9,11,17-18H,5-7,10,12-13H2,1-4H3. The van der Waals surface area contributed by atoms with Crippen molar-refractivity contribution in [3.8, 4) is 0 Å². The Balaban J connectivity index is 2.55. The molecule has 1 aromatic carbocycles. The van der Waals surface area contributed by atoms with Crippen LogP contribution < -0.4 is 5.32 Å². The fourth-order valence-corrected chi connectivity index (χ4v) is 2.43. The molecule has 1 N–H and O–H groups in total. The van der Waals surface area contributed by atoms with Crippen LogP contribution in [0.25, 0.3) is 0 Å². The zero-order chi connectivity index (χ0) is 13.4. The molecule has 0 amide bonds. The Kier molecular flexibility index (Phi) is 7.04. The summed E-state index contributed by atoms with van der Waals surface area (Å²) in [6.07, 6.45) is 5.04. The number of hydrogen-bond acceptors (Lipinski definition) is 1. The van der Waals surface area contributed by atoms with Gasteiger partial charge in [0, 0.05) is 0 Å². The van der Waals surface area contributed by atoms with Gasteiger partial charge in [-0.2, -0.15) is 0 Å². The van der Waals surface area contributed by atoms with Crippen LogP contribution in [0.5, 0.6) is 0 Å². The van der Waals surface area contributed by atoms with E-state index in [-0.39, 0.29) is 0 Å². The van der Waals surface area contributed by atoms with Crippen molar-refractivity contribution < 1.29 is 0 Å². The van der Waals surface area contributed by atoms with Crippen LogP contribution >= 0.6 is 0 Å². The van der Waals surface area contributed by atoms with Crippen LogP contribution in [0.1, 0.15) is 49.8 Å². The predicted octanol–water partition coefficient (Wildman–Crippen LogP) is 4.26. The van der Waals surface area contributed by atoms with Crippen molar-refractivity contribution in [3.63, 3.8) is 0 Å². The second-order valence-corrected chi connectivity index (χ2v) is 5.48. The predicted molar refractivity (Wildman–Crippen MR) is 81.2 cm³/mol. The lowest BCUT2D eigenvalue weighted by molar-refractivity contribution is 0.439. The maximum absolute atomic E-state index is 3.57. The maximum atomic E-state index is 3.57. The molecular weight excluding hydrogens is 218 g/mol. The van der Waals surface area contributed by atoms with Crippen molar-refractivity contribution in [2.24, 2.45) is 5.92 Å². The fourth-order valence-electron chi connectivity index (χ4n) is 2.43.